The Balaban J connectivity index is 2.47. The third kappa shape index (κ3) is 7.79. The molecule has 0 saturated heterocycles. The summed E-state index contributed by atoms with van der Waals surface area (Å²) in [5.74, 6) is 0.492. The van der Waals surface area contributed by atoms with Crippen LogP contribution in [0.25, 0.3) is 0 Å². The number of benzene rings is 1. The number of hydrogen-bond donors (Lipinski definition) is 2. The molecule has 0 amide bonds. The minimum atomic E-state index is -0.527. The topological polar surface area (TPSA) is 76.0 Å². The second-order valence-electron chi connectivity index (χ2n) is 6.16. The van der Waals surface area contributed by atoms with Gasteiger partial charge in [0, 0.05) is 6.92 Å². The summed E-state index contributed by atoms with van der Waals surface area (Å²) < 4.78 is 10.3. The van der Waals surface area contributed by atoms with Crippen LogP contribution in [-0.4, -0.2) is 35.5 Å². The predicted octanol–water partition coefficient (Wildman–Crippen LogP) is 3.25. The standard InChI is InChI=1S/C19H30O5/c1-4-5-6-7-16(21)13-17(22)10-8-15-9-11-18(24-14(2)20)19(12-15)23-3/h9,11-12,16-17,21-22H,4-8,10,13H2,1-3H3/t16-,17-/m1/s1. The molecule has 0 fully saturated rings. The molecule has 1 aromatic rings. The van der Waals surface area contributed by atoms with E-state index < -0.39 is 18.2 Å². The van der Waals surface area contributed by atoms with Crippen molar-refractivity contribution in [2.24, 2.45) is 0 Å². The van der Waals surface area contributed by atoms with Crippen molar-refractivity contribution >= 4 is 5.97 Å². The van der Waals surface area contributed by atoms with Crippen LogP contribution in [0.3, 0.4) is 0 Å². The van der Waals surface area contributed by atoms with Gasteiger partial charge in [0.15, 0.2) is 11.5 Å². The highest BCUT2D eigenvalue weighted by Gasteiger charge is 2.13. The van der Waals surface area contributed by atoms with E-state index >= 15 is 0 Å². The quantitative estimate of drug-likeness (QED) is 0.368. The minimum absolute atomic E-state index is 0.389. The first-order valence-corrected chi connectivity index (χ1v) is 8.67. The van der Waals surface area contributed by atoms with Crippen LogP contribution in [-0.2, 0) is 11.2 Å². The molecule has 24 heavy (non-hydrogen) atoms. The molecule has 5 nitrogen and oxygen atoms in total. The first-order valence-electron chi connectivity index (χ1n) is 8.67. The summed E-state index contributed by atoms with van der Waals surface area (Å²) in [6.45, 7) is 3.47. The van der Waals surface area contributed by atoms with E-state index in [4.69, 9.17) is 9.47 Å². The predicted molar refractivity (Wildman–Crippen MR) is 93.4 cm³/mol. The zero-order valence-electron chi connectivity index (χ0n) is 15.0. The molecule has 0 unspecified atom stereocenters. The minimum Gasteiger partial charge on any atom is -0.493 e. The number of hydrogen-bond acceptors (Lipinski definition) is 5. The van der Waals surface area contributed by atoms with Gasteiger partial charge in [0.25, 0.3) is 0 Å². The Morgan fingerprint density at radius 3 is 2.46 bits per heavy atom. The molecule has 136 valence electrons. The van der Waals surface area contributed by atoms with Crippen molar-refractivity contribution < 1.29 is 24.5 Å². The lowest BCUT2D eigenvalue weighted by molar-refractivity contribution is -0.132. The number of aryl methyl sites for hydroxylation is 1. The third-order valence-electron chi connectivity index (χ3n) is 3.93. The van der Waals surface area contributed by atoms with Gasteiger partial charge in [0.05, 0.1) is 19.3 Å². The Hall–Kier alpha value is -1.59. The number of methoxy groups -OCH3 is 1. The fourth-order valence-electron chi connectivity index (χ4n) is 2.62. The molecule has 0 radical (unpaired) electrons. The second kappa shape index (κ2) is 11.0. The SMILES string of the molecule is CCCCC[C@@H](O)C[C@H](O)CCc1ccc(OC(C)=O)c(OC)c1. The summed E-state index contributed by atoms with van der Waals surface area (Å²) in [6, 6.07) is 5.36. The number of carbonyl (C=O) groups excluding carboxylic acids is 1. The molecule has 0 aliphatic carbocycles. The van der Waals surface area contributed by atoms with Crippen molar-refractivity contribution in [3.8, 4) is 11.5 Å². The van der Waals surface area contributed by atoms with Gasteiger partial charge in [0.1, 0.15) is 0 Å². The molecular formula is C19H30O5. The summed E-state index contributed by atoms with van der Waals surface area (Å²) in [6.07, 6.45) is 4.66. The van der Waals surface area contributed by atoms with Gasteiger partial charge in [-0.3, -0.25) is 4.79 Å². The van der Waals surface area contributed by atoms with Crippen LogP contribution >= 0.6 is 0 Å². The van der Waals surface area contributed by atoms with Crippen LogP contribution in [0.2, 0.25) is 0 Å². The number of aliphatic hydroxyl groups excluding tert-OH is 2. The van der Waals surface area contributed by atoms with Crippen LogP contribution in [0.4, 0.5) is 0 Å². The van der Waals surface area contributed by atoms with Crippen molar-refractivity contribution in [1.29, 1.82) is 0 Å². The molecule has 0 aliphatic rings. The zero-order valence-corrected chi connectivity index (χ0v) is 15.0. The maximum Gasteiger partial charge on any atom is 0.308 e. The van der Waals surface area contributed by atoms with Gasteiger partial charge < -0.3 is 19.7 Å². The van der Waals surface area contributed by atoms with Gasteiger partial charge in [-0.15, -0.1) is 0 Å². The molecule has 0 heterocycles. The highest BCUT2D eigenvalue weighted by molar-refractivity contribution is 5.70. The molecular weight excluding hydrogens is 308 g/mol. The first kappa shape index (κ1) is 20.5. The third-order valence-corrected chi connectivity index (χ3v) is 3.93. The summed E-state index contributed by atoms with van der Waals surface area (Å²) in [5, 5.41) is 20.0. The van der Waals surface area contributed by atoms with Gasteiger partial charge >= 0.3 is 5.97 Å². The lowest BCUT2D eigenvalue weighted by Gasteiger charge is -2.16. The summed E-state index contributed by atoms with van der Waals surface area (Å²) in [7, 11) is 1.52. The van der Waals surface area contributed by atoms with E-state index in [-0.39, 0.29) is 0 Å². The van der Waals surface area contributed by atoms with Gasteiger partial charge in [-0.1, -0.05) is 32.3 Å². The van der Waals surface area contributed by atoms with Gasteiger partial charge in [0.2, 0.25) is 0 Å². The van der Waals surface area contributed by atoms with Crippen molar-refractivity contribution in [2.45, 2.75) is 71.0 Å². The Labute approximate surface area is 144 Å². The molecule has 1 rings (SSSR count). The first-order chi connectivity index (χ1) is 11.5. The van der Waals surface area contributed by atoms with Crippen molar-refractivity contribution in [3.05, 3.63) is 23.8 Å². The molecule has 5 heteroatoms. The number of esters is 1. The highest BCUT2D eigenvalue weighted by atomic mass is 16.6. The summed E-state index contributed by atoms with van der Waals surface area (Å²) in [4.78, 5) is 11.0. The summed E-state index contributed by atoms with van der Waals surface area (Å²) >= 11 is 0. The molecule has 0 saturated carbocycles. The Kier molecular flexibility index (Phi) is 9.42. The number of unbranched alkanes of at least 4 members (excludes halogenated alkanes) is 2. The Morgan fingerprint density at radius 1 is 1.12 bits per heavy atom. The monoisotopic (exact) mass is 338 g/mol. The average molecular weight is 338 g/mol. The van der Waals surface area contributed by atoms with E-state index in [0.717, 1.165) is 31.2 Å². The van der Waals surface area contributed by atoms with E-state index in [9.17, 15) is 15.0 Å². The lowest BCUT2D eigenvalue weighted by atomic mass is 10.00. The Bertz CT molecular complexity index is 501. The van der Waals surface area contributed by atoms with E-state index in [0.29, 0.717) is 30.8 Å². The number of ether oxygens (including phenoxy) is 2. The zero-order chi connectivity index (χ0) is 17.9. The summed E-state index contributed by atoms with van der Waals surface area (Å²) in [5.41, 5.74) is 0.988. The maximum absolute atomic E-state index is 11.0. The fourth-order valence-corrected chi connectivity index (χ4v) is 2.62. The number of carbonyl (C=O) groups is 1. The number of rotatable bonds is 11. The molecule has 2 N–H and O–H groups in total. The van der Waals surface area contributed by atoms with E-state index in [1.54, 1.807) is 6.07 Å². The van der Waals surface area contributed by atoms with Gasteiger partial charge in [-0.2, -0.15) is 0 Å². The second-order valence-corrected chi connectivity index (χ2v) is 6.16. The van der Waals surface area contributed by atoms with E-state index in [2.05, 4.69) is 6.92 Å². The van der Waals surface area contributed by atoms with Gasteiger partial charge in [-0.05, 0) is 43.4 Å². The highest BCUT2D eigenvalue weighted by Crippen LogP contribution is 2.29. The molecule has 2 atom stereocenters. The number of aliphatic hydroxyl groups is 2. The smallest absolute Gasteiger partial charge is 0.308 e. The van der Waals surface area contributed by atoms with Gasteiger partial charge in [-0.25, -0.2) is 0 Å². The van der Waals surface area contributed by atoms with Crippen LogP contribution < -0.4 is 9.47 Å². The van der Waals surface area contributed by atoms with Crippen molar-refractivity contribution in [2.75, 3.05) is 7.11 Å². The van der Waals surface area contributed by atoms with Crippen LogP contribution in [0.1, 0.15) is 57.9 Å². The van der Waals surface area contributed by atoms with Crippen LogP contribution in [0.15, 0.2) is 18.2 Å². The van der Waals surface area contributed by atoms with Crippen LogP contribution in [0.5, 0.6) is 11.5 Å². The maximum atomic E-state index is 11.0. The normalized spacial score (nSPS) is 13.4. The molecule has 0 bridgehead atoms. The van der Waals surface area contributed by atoms with Crippen molar-refractivity contribution in [3.63, 3.8) is 0 Å². The molecule has 0 aliphatic heterocycles. The largest absolute Gasteiger partial charge is 0.493 e. The van der Waals surface area contributed by atoms with Crippen molar-refractivity contribution in [1.82, 2.24) is 0 Å². The van der Waals surface area contributed by atoms with Crippen LogP contribution in [0, 0.1) is 0 Å². The molecule has 0 aromatic heterocycles. The van der Waals surface area contributed by atoms with E-state index in [1.165, 1.54) is 14.0 Å². The van der Waals surface area contributed by atoms with E-state index in [1.807, 2.05) is 12.1 Å². The molecule has 1 aromatic carbocycles. The molecule has 0 spiro atoms. The fraction of sp³-hybridized carbons (Fsp3) is 0.632. The Morgan fingerprint density at radius 2 is 1.83 bits per heavy atom. The average Bonchev–Trinajstić information content (AvgIpc) is 2.53. The lowest BCUT2D eigenvalue weighted by Crippen LogP contribution is -2.18.